The van der Waals surface area contributed by atoms with Gasteiger partial charge in [-0.15, -0.1) is 11.6 Å². The molecule has 0 spiro atoms. The molecular formula is C10H11ClF2S. The molecule has 4 heteroatoms. The fraction of sp³-hybridized carbons (Fsp3) is 0.400. The summed E-state index contributed by atoms with van der Waals surface area (Å²) in [6.07, 6.45) is 0.863. The van der Waals surface area contributed by atoms with Crippen molar-refractivity contribution >= 4 is 23.4 Å². The van der Waals surface area contributed by atoms with Crippen LogP contribution in [0.15, 0.2) is 18.2 Å². The van der Waals surface area contributed by atoms with E-state index >= 15 is 0 Å². The minimum atomic E-state index is -0.469. The summed E-state index contributed by atoms with van der Waals surface area (Å²) >= 11 is 6.98. The van der Waals surface area contributed by atoms with Gasteiger partial charge in [0, 0.05) is 17.2 Å². The molecular weight excluding hydrogens is 226 g/mol. The van der Waals surface area contributed by atoms with E-state index in [-0.39, 0.29) is 5.56 Å². The Labute approximate surface area is 91.6 Å². The van der Waals surface area contributed by atoms with Crippen LogP contribution in [0.4, 0.5) is 8.78 Å². The van der Waals surface area contributed by atoms with Gasteiger partial charge in [-0.25, -0.2) is 8.78 Å². The van der Waals surface area contributed by atoms with Crippen LogP contribution in [0, 0.1) is 11.6 Å². The van der Waals surface area contributed by atoms with Gasteiger partial charge in [-0.1, -0.05) is 6.07 Å². The van der Waals surface area contributed by atoms with Crippen molar-refractivity contribution in [2.75, 3.05) is 11.6 Å². The molecule has 0 fully saturated rings. The van der Waals surface area contributed by atoms with Crippen molar-refractivity contribution in [3.8, 4) is 0 Å². The summed E-state index contributed by atoms with van der Waals surface area (Å²) in [5.74, 6) is 0.853. The standard InChI is InChI=1S/C10H11ClF2S/c11-5-2-6-14-7-8-9(12)3-1-4-10(8)13/h1,3-4H,2,5-7H2. The maximum absolute atomic E-state index is 13.1. The van der Waals surface area contributed by atoms with Crippen molar-refractivity contribution in [3.05, 3.63) is 35.4 Å². The first kappa shape index (κ1) is 11.8. The van der Waals surface area contributed by atoms with Gasteiger partial charge in [-0.2, -0.15) is 11.8 Å². The lowest BCUT2D eigenvalue weighted by Gasteiger charge is -2.03. The fourth-order valence-electron chi connectivity index (χ4n) is 1.00. The van der Waals surface area contributed by atoms with E-state index in [0.717, 1.165) is 12.2 Å². The van der Waals surface area contributed by atoms with Crippen LogP contribution in [-0.4, -0.2) is 11.6 Å². The van der Waals surface area contributed by atoms with Crippen LogP contribution in [0.3, 0.4) is 0 Å². The van der Waals surface area contributed by atoms with E-state index in [9.17, 15) is 8.78 Å². The SMILES string of the molecule is Fc1cccc(F)c1CSCCCCl. The van der Waals surface area contributed by atoms with Gasteiger partial charge in [-0.3, -0.25) is 0 Å². The van der Waals surface area contributed by atoms with E-state index in [1.165, 1.54) is 30.0 Å². The predicted octanol–water partition coefficient (Wildman–Crippen LogP) is 3.83. The first-order valence-electron chi connectivity index (χ1n) is 4.32. The van der Waals surface area contributed by atoms with Gasteiger partial charge < -0.3 is 0 Å². The third kappa shape index (κ3) is 3.46. The van der Waals surface area contributed by atoms with E-state index in [1.54, 1.807) is 0 Å². The van der Waals surface area contributed by atoms with Crippen LogP contribution in [0.5, 0.6) is 0 Å². The second kappa shape index (κ2) is 6.25. The molecule has 0 amide bonds. The number of rotatable bonds is 5. The Morgan fingerprint density at radius 2 is 1.86 bits per heavy atom. The van der Waals surface area contributed by atoms with Crippen molar-refractivity contribution in [1.82, 2.24) is 0 Å². The van der Waals surface area contributed by atoms with E-state index < -0.39 is 11.6 Å². The topological polar surface area (TPSA) is 0 Å². The third-order valence-corrected chi connectivity index (χ3v) is 3.07. The highest BCUT2D eigenvalue weighted by atomic mass is 35.5. The maximum atomic E-state index is 13.1. The number of hydrogen-bond acceptors (Lipinski definition) is 1. The summed E-state index contributed by atoms with van der Waals surface area (Å²) in [6.45, 7) is 0. The molecule has 0 saturated carbocycles. The Bertz CT molecular complexity index is 271. The van der Waals surface area contributed by atoms with Gasteiger partial charge >= 0.3 is 0 Å². The van der Waals surface area contributed by atoms with E-state index in [4.69, 9.17) is 11.6 Å². The quantitative estimate of drug-likeness (QED) is 0.553. The fourth-order valence-corrected chi connectivity index (χ4v) is 2.27. The highest BCUT2D eigenvalue weighted by molar-refractivity contribution is 7.98. The number of hydrogen-bond donors (Lipinski definition) is 0. The molecule has 1 aromatic rings. The van der Waals surface area contributed by atoms with Crippen molar-refractivity contribution in [3.63, 3.8) is 0 Å². The Kier molecular flexibility index (Phi) is 5.26. The second-order valence-electron chi connectivity index (χ2n) is 2.80. The Morgan fingerprint density at radius 3 is 2.43 bits per heavy atom. The Hall–Kier alpha value is -0.280. The molecule has 78 valence electrons. The number of alkyl halides is 1. The lowest BCUT2D eigenvalue weighted by Crippen LogP contribution is -1.93. The summed E-state index contributed by atoms with van der Waals surface area (Å²) in [7, 11) is 0. The molecule has 0 radical (unpaired) electrons. The molecule has 0 atom stereocenters. The lowest BCUT2D eigenvalue weighted by molar-refractivity contribution is 0.566. The average Bonchev–Trinajstić information content (AvgIpc) is 2.16. The zero-order chi connectivity index (χ0) is 10.4. The number of halogens is 3. The summed E-state index contributed by atoms with van der Waals surface area (Å²) < 4.78 is 26.2. The van der Waals surface area contributed by atoms with Crippen molar-refractivity contribution in [1.29, 1.82) is 0 Å². The van der Waals surface area contributed by atoms with Gasteiger partial charge in [0.25, 0.3) is 0 Å². The average molecular weight is 237 g/mol. The number of thioether (sulfide) groups is 1. The van der Waals surface area contributed by atoms with Crippen LogP contribution in [0.25, 0.3) is 0 Å². The molecule has 0 saturated heterocycles. The molecule has 0 N–H and O–H groups in total. The minimum absolute atomic E-state index is 0.159. The molecule has 0 aromatic heterocycles. The van der Waals surface area contributed by atoms with Gasteiger partial charge in [0.2, 0.25) is 0 Å². The zero-order valence-electron chi connectivity index (χ0n) is 7.60. The first-order valence-corrected chi connectivity index (χ1v) is 6.01. The van der Waals surface area contributed by atoms with Crippen LogP contribution >= 0.6 is 23.4 Å². The molecule has 0 bridgehead atoms. The first-order chi connectivity index (χ1) is 6.75. The predicted molar refractivity (Wildman–Crippen MR) is 57.9 cm³/mol. The summed E-state index contributed by atoms with van der Waals surface area (Å²) in [4.78, 5) is 0. The van der Waals surface area contributed by atoms with Gasteiger partial charge in [0.05, 0.1) is 0 Å². The van der Waals surface area contributed by atoms with Crippen molar-refractivity contribution < 1.29 is 8.78 Å². The second-order valence-corrected chi connectivity index (χ2v) is 4.28. The molecule has 1 aromatic carbocycles. The Balaban J connectivity index is 2.49. The molecule has 0 unspecified atom stereocenters. The lowest BCUT2D eigenvalue weighted by atomic mass is 10.2. The summed E-state index contributed by atoms with van der Waals surface area (Å²) in [5, 5.41) is 0. The van der Waals surface area contributed by atoms with E-state index in [2.05, 4.69) is 0 Å². The summed E-state index contributed by atoms with van der Waals surface area (Å²) in [6, 6.07) is 3.93. The van der Waals surface area contributed by atoms with Gasteiger partial charge in [-0.05, 0) is 24.3 Å². The minimum Gasteiger partial charge on any atom is -0.207 e. The number of benzene rings is 1. The Morgan fingerprint density at radius 1 is 1.21 bits per heavy atom. The zero-order valence-corrected chi connectivity index (χ0v) is 9.18. The van der Waals surface area contributed by atoms with Gasteiger partial charge in [0.1, 0.15) is 11.6 Å². The third-order valence-electron chi connectivity index (χ3n) is 1.73. The van der Waals surface area contributed by atoms with Crippen LogP contribution in [0.1, 0.15) is 12.0 Å². The monoisotopic (exact) mass is 236 g/mol. The van der Waals surface area contributed by atoms with Crippen molar-refractivity contribution in [2.24, 2.45) is 0 Å². The van der Waals surface area contributed by atoms with E-state index in [1.807, 2.05) is 0 Å². The highest BCUT2D eigenvalue weighted by Crippen LogP contribution is 2.19. The largest absolute Gasteiger partial charge is 0.207 e. The smallest absolute Gasteiger partial charge is 0.130 e. The highest BCUT2D eigenvalue weighted by Gasteiger charge is 2.07. The molecule has 0 heterocycles. The van der Waals surface area contributed by atoms with Crippen LogP contribution < -0.4 is 0 Å². The molecule has 0 aliphatic carbocycles. The van der Waals surface area contributed by atoms with Crippen LogP contribution in [-0.2, 0) is 5.75 Å². The van der Waals surface area contributed by atoms with Crippen molar-refractivity contribution in [2.45, 2.75) is 12.2 Å². The molecule has 0 nitrogen and oxygen atoms in total. The molecule has 14 heavy (non-hydrogen) atoms. The summed E-state index contributed by atoms with van der Waals surface area (Å²) in [5.41, 5.74) is 0.159. The molecule has 1 rings (SSSR count). The normalized spacial score (nSPS) is 10.5. The molecule has 0 aliphatic rings. The van der Waals surface area contributed by atoms with Crippen LogP contribution in [0.2, 0.25) is 0 Å². The maximum Gasteiger partial charge on any atom is 0.130 e. The molecule has 0 aliphatic heterocycles. The van der Waals surface area contributed by atoms with Gasteiger partial charge in [0.15, 0.2) is 0 Å². The van der Waals surface area contributed by atoms with E-state index in [0.29, 0.717) is 11.6 Å².